The molecule has 0 saturated carbocycles. The molecule has 1 rings (SSSR count). The molecular weight excluding hydrogens is 334 g/mol. The van der Waals surface area contributed by atoms with Crippen LogP contribution in [-0.4, -0.2) is 51.2 Å². The van der Waals surface area contributed by atoms with Gasteiger partial charge in [0, 0.05) is 19.5 Å². The number of hydrogen-bond acceptors (Lipinski definition) is 5. The Hall–Kier alpha value is -2.24. The first-order valence-corrected chi connectivity index (χ1v) is 8.88. The number of nitrogens with zero attached hydrogens (tertiary/aromatic N) is 1. The van der Waals surface area contributed by atoms with Crippen LogP contribution < -0.4 is 9.47 Å². The van der Waals surface area contributed by atoms with Gasteiger partial charge in [-0.3, -0.25) is 9.59 Å². The zero-order valence-corrected chi connectivity index (χ0v) is 16.7. The van der Waals surface area contributed by atoms with Gasteiger partial charge in [0.15, 0.2) is 11.5 Å². The van der Waals surface area contributed by atoms with Gasteiger partial charge in [0.05, 0.1) is 27.2 Å². The van der Waals surface area contributed by atoms with Crippen molar-refractivity contribution in [2.24, 2.45) is 11.8 Å². The Labute approximate surface area is 156 Å². The molecule has 0 fully saturated rings. The number of amides is 1. The standard InChI is InChI=1S/C20H31NO5/c1-14(2)11-19(22)21(13-15(3)20(23)26-6)10-9-16-7-8-17(24-4)18(12-16)25-5/h7-8,12,14-15H,9-11,13H2,1-6H3. The van der Waals surface area contributed by atoms with Gasteiger partial charge in [-0.15, -0.1) is 0 Å². The maximum atomic E-state index is 12.6. The van der Waals surface area contributed by atoms with E-state index in [-0.39, 0.29) is 23.7 Å². The van der Waals surface area contributed by atoms with E-state index < -0.39 is 0 Å². The quantitative estimate of drug-likeness (QED) is 0.597. The van der Waals surface area contributed by atoms with E-state index in [4.69, 9.17) is 14.2 Å². The Morgan fingerprint density at radius 2 is 1.69 bits per heavy atom. The lowest BCUT2D eigenvalue weighted by atomic mass is 10.1. The van der Waals surface area contributed by atoms with Crippen molar-refractivity contribution in [3.8, 4) is 11.5 Å². The van der Waals surface area contributed by atoms with Gasteiger partial charge >= 0.3 is 5.97 Å². The van der Waals surface area contributed by atoms with Crippen LogP contribution in [0.2, 0.25) is 0 Å². The SMILES string of the molecule is COC(=O)C(C)CN(CCc1ccc(OC)c(OC)c1)C(=O)CC(C)C. The van der Waals surface area contributed by atoms with Crippen LogP contribution in [0.4, 0.5) is 0 Å². The van der Waals surface area contributed by atoms with E-state index in [0.717, 1.165) is 5.56 Å². The van der Waals surface area contributed by atoms with Crippen LogP contribution in [0.15, 0.2) is 18.2 Å². The van der Waals surface area contributed by atoms with Gasteiger partial charge in [-0.1, -0.05) is 26.8 Å². The van der Waals surface area contributed by atoms with Crippen molar-refractivity contribution >= 4 is 11.9 Å². The van der Waals surface area contributed by atoms with E-state index in [1.165, 1.54) is 7.11 Å². The highest BCUT2D eigenvalue weighted by Crippen LogP contribution is 2.27. The van der Waals surface area contributed by atoms with Crippen LogP contribution in [0.3, 0.4) is 0 Å². The maximum Gasteiger partial charge on any atom is 0.310 e. The average Bonchev–Trinajstić information content (AvgIpc) is 2.62. The Morgan fingerprint density at radius 1 is 1.04 bits per heavy atom. The average molecular weight is 365 g/mol. The predicted molar refractivity (Wildman–Crippen MR) is 100 cm³/mol. The van der Waals surface area contributed by atoms with Crippen molar-refractivity contribution in [1.82, 2.24) is 4.90 Å². The second-order valence-corrected chi connectivity index (χ2v) is 6.80. The van der Waals surface area contributed by atoms with Crippen LogP contribution in [0, 0.1) is 11.8 Å². The molecule has 0 bridgehead atoms. The minimum absolute atomic E-state index is 0.0521. The second kappa shape index (κ2) is 10.7. The summed E-state index contributed by atoms with van der Waals surface area (Å²) < 4.78 is 15.4. The summed E-state index contributed by atoms with van der Waals surface area (Å²) in [4.78, 5) is 26.1. The lowest BCUT2D eigenvalue weighted by Crippen LogP contribution is -2.39. The molecule has 6 nitrogen and oxygen atoms in total. The highest BCUT2D eigenvalue weighted by Gasteiger charge is 2.22. The number of methoxy groups -OCH3 is 3. The van der Waals surface area contributed by atoms with E-state index in [2.05, 4.69) is 0 Å². The molecule has 0 aliphatic carbocycles. The maximum absolute atomic E-state index is 12.6. The number of esters is 1. The fourth-order valence-corrected chi connectivity index (χ4v) is 2.70. The first-order valence-electron chi connectivity index (χ1n) is 8.88. The van der Waals surface area contributed by atoms with Gasteiger partial charge in [0.2, 0.25) is 5.91 Å². The molecule has 1 amide bonds. The summed E-state index contributed by atoms with van der Waals surface area (Å²) in [5.41, 5.74) is 1.04. The van der Waals surface area contributed by atoms with Crippen LogP contribution in [-0.2, 0) is 20.7 Å². The molecule has 0 saturated heterocycles. The first kappa shape index (κ1) is 21.8. The summed E-state index contributed by atoms with van der Waals surface area (Å²) in [6.45, 7) is 6.67. The molecule has 0 radical (unpaired) electrons. The topological polar surface area (TPSA) is 65.1 Å². The van der Waals surface area contributed by atoms with Crippen LogP contribution in [0.1, 0.15) is 32.8 Å². The highest BCUT2D eigenvalue weighted by molar-refractivity contribution is 5.78. The van der Waals surface area contributed by atoms with Crippen molar-refractivity contribution in [3.05, 3.63) is 23.8 Å². The summed E-state index contributed by atoms with van der Waals surface area (Å²) in [5, 5.41) is 0. The molecule has 1 aromatic carbocycles. The molecule has 0 aliphatic rings. The monoisotopic (exact) mass is 365 g/mol. The molecule has 1 unspecified atom stereocenters. The van der Waals surface area contributed by atoms with Gasteiger partial charge in [-0.2, -0.15) is 0 Å². The van der Waals surface area contributed by atoms with Gasteiger partial charge < -0.3 is 19.1 Å². The van der Waals surface area contributed by atoms with E-state index in [1.54, 1.807) is 26.0 Å². The number of ether oxygens (including phenoxy) is 3. The number of carbonyl (C=O) groups is 2. The van der Waals surface area contributed by atoms with Crippen LogP contribution >= 0.6 is 0 Å². The smallest absolute Gasteiger partial charge is 0.310 e. The third-order valence-electron chi connectivity index (χ3n) is 4.15. The van der Waals surface area contributed by atoms with E-state index in [1.807, 2.05) is 32.0 Å². The lowest BCUT2D eigenvalue weighted by molar-refractivity contribution is -0.146. The normalized spacial score (nSPS) is 11.8. The predicted octanol–water partition coefficient (Wildman–Crippen LogP) is 2.93. The van der Waals surface area contributed by atoms with Gasteiger partial charge in [0.25, 0.3) is 0 Å². The molecule has 1 aromatic rings. The summed E-state index contributed by atoms with van der Waals surface area (Å²) >= 11 is 0. The van der Waals surface area contributed by atoms with E-state index in [9.17, 15) is 9.59 Å². The molecule has 0 heterocycles. The molecule has 26 heavy (non-hydrogen) atoms. The number of benzene rings is 1. The molecule has 6 heteroatoms. The Bertz CT molecular complexity index is 600. The van der Waals surface area contributed by atoms with E-state index in [0.29, 0.717) is 37.4 Å². The molecule has 0 aliphatic heterocycles. The Balaban J connectivity index is 2.84. The molecular formula is C20H31NO5. The van der Waals surface area contributed by atoms with Gasteiger partial charge in [0.1, 0.15) is 0 Å². The Kier molecular flexibility index (Phi) is 8.96. The minimum Gasteiger partial charge on any atom is -0.493 e. The minimum atomic E-state index is -0.360. The fraction of sp³-hybridized carbons (Fsp3) is 0.600. The third-order valence-corrected chi connectivity index (χ3v) is 4.15. The fourth-order valence-electron chi connectivity index (χ4n) is 2.70. The van der Waals surface area contributed by atoms with Crippen molar-refractivity contribution in [2.45, 2.75) is 33.6 Å². The Morgan fingerprint density at radius 3 is 2.23 bits per heavy atom. The first-order chi connectivity index (χ1) is 12.3. The zero-order valence-electron chi connectivity index (χ0n) is 16.7. The van der Waals surface area contributed by atoms with Crippen molar-refractivity contribution in [3.63, 3.8) is 0 Å². The lowest BCUT2D eigenvalue weighted by Gasteiger charge is -2.26. The molecule has 0 spiro atoms. The third kappa shape index (κ3) is 6.58. The van der Waals surface area contributed by atoms with Crippen LogP contribution in [0.5, 0.6) is 11.5 Å². The van der Waals surface area contributed by atoms with Crippen molar-refractivity contribution in [2.75, 3.05) is 34.4 Å². The number of hydrogen-bond donors (Lipinski definition) is 0. The summed E-state index contributed by atoms with van der Waals surface area (Å²) in [5.74, 6) is 0.979. The van der Waals surface area contributed by atoms with E-state index >= 15 is 0 Å². The highest BCUT2D eigenvalue weighted by atomic mass is 16.5. The van der Waals surface area contributed by atoms with Crippen molar-refractivity contribution < 1.29 is 23.8 Å². The largest absolute Gasteiger partial charge is 0.493 e. The van der Waals surface area contributed by atoms with Crippen molar-refractivity contribution in [1.29, 1.82) is 0 Å². The summed E-state index contributed by atoms with van der Waals surface area (Å²) in [7, 11) is 4.55. The molecule has 1 atom stereocenters. The number of carbonyl (C=O) groups excluding carboxylic acids is 2. The summed E-state index contributed by atoms with van der Waals surface area (Å²) in [6, 6.07) is 5.72. The second-order valence-electron chi connectivity index (χ2n) is 6.80. The molecule has 0 N–H and O–H groups in total. The van der Waals surface area contributed by atoms with Gasteiger partial charge in [-0.05, 0) is 30.0 Å². The van der Waals surface area contributed by atoms with Gasteiger partial charge in [-0.25, -0.2) is 0 Å². The van der Waals surface area contributed by atoms with Crippen LogP contribution in [0.25, 0.3) is 0 Å². The molecule has 146 valence electrons. The zero-order chi connectivity index (χ0) is 19.7. The molecule has 0 aromatic heterocycles. The number of rotatable bonds is 10. The summed E-state index contributed by atoms with van der Waals surface area (Å²) in [6.07, 6.45) is 1.12.